The van der Waals surface area contributed by atoms with E-state index in [4.69, 9.17) is 14.5 Å². The summed E-state index contributed by atoms with van der Waals surface area (Å²) in [5, 5.41) is 6.38. The van der Waals surface area contributed by atoms with E-state index in [1.165, 1.54) is 11.3 Å². The average molecular weight is 436 g/mol. The number of aryl methyl sites for hydroxylation is 2. The first-order valence-corrected chi connectivity index (χ1v) is 11.2. The lowest BCUT2D eigenvalue weighted by molar-refractivity contribution is -0.144. The number of hydrogen-bond acceptors (Lipinski definition) is 6. The molecule has 160 valence electrons. The Morgan fingerprint density at radius 1 is 1.16 bits per heavy atom. The number of aromatic nitrogens is 3. The standard InChI is InChI=1S/C24H25N3O3S/c1-4-19-22(31-24(25-19)18-8-6-7-9-21(18)29-3)13-23(28)30-15-16-10-11-20-17(12-16)14-27(5-2)26-20/h6-12,14H,4-5,13,15H2,1-3H3. The number of carbonyl (C=O) groups is 1. The third kappa shape index (κ3) is 4.61. The van der Waals surface area contributed by atoms with E-state index >= 15 is 0 Å². The van der Waals surface area contributed by atoms with Gasteiger partial charge in [0, 0.05) is 23.0 Å². The minimum absolute atomic E-state index is 0.214. The largest absolute Gasteiger partial charge is 0.496 e. The lowest BCUT2D eigenvalue weighted by Crippen LogP contribution is -2.08. The molecule has 0 unspecified atom stereocenters. The molecule has 0 bridgehead atoms. The molecule has 4 rings (SSSR count). The number of methoxy groups -OCH3 is 1. The van der Waals surface area contributed by atoms with Crippen LogP contribution in [0.2, 0.25) is 0 Å². The van der Waals surface area contributed by atoms with Gasteiger partial charge in [-0.2, -0.15) is 5.10 Å². The third-order valence-corrected chi connectivity index (χ3v) is 6.23. The number of nitrogens with zero attached hydrogens (tertiary/aromatic N) is 3. The van der Waals surface area contributed by atoms with Gasteiger partial charge in [0.25, 0.3) is 0 Å². The molecule has 0 aliphatic carbocycles. The van der Waals surface area contributed by atoms with Gasteiger partial charge in [-0.25, -0.2) is 4.98 Å². The van der Waals surface area contributed by atoms with E-state index in [9.17, 15) is 4.79 Å². The van der Waals surface area contributed by atoms with Crippen molar-refractivity contribution < 1.29 is 14.3 Å². The third-order valence-electron chi connectivity index (χ3n) is 5.10. The van der Waals surface area contributed by atoms with E-state index in [0.29, 0.717) is 0 Å². The molecule has 7 heteroatoms. The van der Waals surface area contributed by atoms with Crippen LogP contribution in [0.15, 0.2) is 48.7 Å². The Morgan fingerprint density at radius 3 is 2.77 bits per heavy atom. The molecule has 4 aromatic rings. The Bertz CT molecular complexity index is 1210. The average Bonchev–Trinajstić information content (AvgIpc) is 3.40. The fourth-order valence-electron chi connectivity index (χ4n) is 3.46. The summed E-state index contributed by atoms with van der Waals surface area (Å²) in [5.41, 5.74) is 3.76. The number of fused-ring (bicyclic) bond motifs is 1. The monoisotopic (exact) mass is 435 g/mol. The molecule has 2 aromatic heterocycles. The minimum Gasteiger partial charge on any atom is -0.496 e. The van der Waals surface area contributed by atoms with E-state index < -0.39 is 0 Å². The lowest BCUT2D eigenvalue weighted by atomic mass is 10.2. The molecular formula is C24H25N3O3S. The van der Waals surface area contributed by atoms with Crippen LogP contribution in [-0.2, 0) is 35.5 Å². The molecule has 0 aliphatic rings. The molecule has 2 aromatic carbocycles. The molecule has 0 atom stereocenters. The summed E-state index contributed by atoms with van der Waals surface area (Å²) in [6, 6.07) is 13.7. The highest BCUT2D eigenvalue weighted by Crippen LogP contribution is 2.34. The number of para-hydroxylation sites is 1. The zero-order valence-corrected chi connectivity index (χ0v) is 18.7. The van der Waals surface area contributed by atoms with Gasteiger partial charge >= 0.3 is 5.97 Å². The first-order valence-electron chi connectivity index (χ1n) is 10.3. The number of carbonyl (C=O) groups excluding carboxylic acids is 1. The Hall–Kier alpha value is -3.19. The van der Waals surface area contributed by atoms with Gasteiger partial charge < -0.3 is 9.47 Å². The molecule has 0 saturated heterocycles. The number of rotatable bonds is 8. The maximum absolute atomic E-state index is 12.6. The van der Waals surface area contributed by atoms with Crippen molar-refractivity contribution in [3.8, 4) is 16.3 Å². The van der Waals surface area contributed by atoms with Gasteiger partial charge in [-0.15, -0.1) is 11.3 Å². The van der Waals surface area contributed by atoms with E-state index in [1.807, 2.05) is 60.3 Å². The van der Waals surface area contributed by atoms with E-state index in [-0.39, 0.29) is 19.0 Å². The van der Waals surface area contributed by atoms with Gasteiger partial charge in [-0.1, -0.05) is 25.1 Å². The van der Waals surface area contributed by atoms with Crippen LogP contribution in [0.5, 0.6) is 5.75 Å². The van der Waals surface area contributed by atoms with Gasteiger partial charge in [-0.3, -0.25) is 9.48 Å². The Balaban J connectivity index is 1.45. The van der Waals surface area contributed by atoms with Gasteiger partial charge in [0.15, 0.2) is 0 Å². The Kier molecular flexibility index (Phi) is 6.32. The van der Waals surface area contributed by atoms with Gasteiger partial charge in [-0.05, 0) is 43.2 Å². The van der Waals surface area contributed by atoms with Crippen molar-refractivity contribution in [3.05, 3.63) is 64.8 Å². The molecule has 0 saturated carbocycles. The Morgan fingerprint density at radius 2 is 2.00 bits per heavy atom. The number of ether oxygens (including phenoxy) is 2. The van der Waals surface area contributed by atoms with Crippen LogP contribution in [0.3, 0.4) is 0 Å². The van der Waals surface area contributed by atoms with Crippen LogP contribution in [-0.4, -0.2) is 27.8 Å². The number of thiazole rings is 1. The van der Waals surface area contributed by atoms with Crippen molar-refractivity contribution >= 4 is 28.2 Å². The second kappa shape index (κ2) is 9.31. The number of hydrogen-bond donors (Lipinski definition) is 0. The first-order chi connectivity index (χ1) is 15.1. The fourth-order valence-corrected chi connectivity index (χ4v) is 4.62. The zero-order chi connectivity index (χ0) is 21.8. The fraction of sp³-hybridized carbons (Fsp3) is 0.292. The predicted octanol–water partition coefficient (Wildman–Crippen LogP) is 5.04. The van der Waals surface area contributed by atoms with Crippen molar-refractivity contribution in [1.82, 2.24) is 14.8 Å². The van der Waals surface area contributed by atoms with Crippen LogP contribution in [0, 0.1) is 0 Å². The summed E-state index contributed by atoms with van der Waals surface area (Å²) < 4.78 is 12.9. The predicted molar refractivity (Wildman–Crippen MR) is 122 cm³/mol. The molecule has 0 radical (unpaired) electrons. The molecule has 0 spiro atoms. The van der Waals surface area contributed by atoms with Gasteiger partial charge in [0.2, 0.25) is 0 Å². The molecule has 0 amide bonds. The van der Waals surface area contributed by atoms with Crippen molar-refractivity contribution in [2.24, 2.45) is 0 Å². The SMILES string of the molecule is CCc1nc(-c2ccccc2OC)sc1CC(=O)OCc1ccc2nn(CC)cc2c1. The highest BCUT2D eigenvalue weighted by Gasteiger charge is 2.17. The summed E-state index contributed by atoms with van der Waals surface area (Å²) in [6.45, 7) is 5.16. The van der Waals surface area contributed by atoms with Crippen molar-refractivity contribution in [2.75, 3.05) is 7.11 Å². The highest BCUT2D eigenvalue weighted by molar-refractivity contribution is 7.15. The van der Waals surface area contributed by atoms with Crippen LogP contribution in [0.1, 0.15) is 30.0 Å². The van der Waals surface area contributed by atoms with Gasteiger partial charge in [0.1, 0.15) is 17.4 Å². The van der Waals surface area contributed by atoms with Crippen molar-refractivity contribution in [3.63, 3.8) is 0 Å². The summed E-state index contributed by atoms with van der Waals surface area (Å²) in [7, 11) is 1.65. The molecule has 0 aliphatic heterocycles. The van der Waals surface area contributed by atoms with Crippen LogP contribution in [0.4, 0.5) is 0 Å². The molecule has 31 heavy (non-hydrogen) atoms. The lowest BCUT2D eigenvalue weighted by Gasteiger charge is -2.05. The molecular weight excluding hydrogens is 410 g/mol. The molecule has 2 heterocycles. The molecule has 6 nitrogen and oxygen atoms in total. The molecule has 0 fully saturated rings. The zero-order valence-electron chi connectivity index (χ0n) is 17.9. The topological polar surface area (TPSA) is 66.2 Å². The van der Waals surface area contributed by atoms with Gasteiger partial charge in [0.05, 0.1) is 30.3 Å². The van der Waals surface area contributed by atoms with Crippen LogP contribution in [0.25, 0.3) is 21.5 Å². The van der Waals surface area contributed by atoms with Crippen molar-refractivity contribution in [2.45, 2.75) is 39.8 Å². The first kappa shape index (κ1) is 21.1. The summed E-state index contributed by atoms with van der Waals surface area (Å²) in [4.78, 5) is 18.2. The van der Waals surface area contributed by atoms with Crippen molar-refractivity contribution in [1.29, 1.82) is 0 Å². The van der Waals surface area contributed by atoms with E-state index in [1.54, 1.807) is 7.11 Å². The number of benzene rings is 2. The summed E-state index contributed by atoms with van der Waals surface area (Å²) in [5.74, 6) is 0.518. The maximum atomic E-state index is 12.6. The minimum atomic E-state index is -0.255. The smallest absolute Gasteiger partial charge is 0.311 e. The number of esters is 1. The second-order valence-corrected chi connectivity index (χ2v) is 8.24. The Labute approximate surface area is 185 Å². The maximum Gasteiger partial charge on any atom is 0.311 e. The van der Waals surface area contributed by atoms with Crippen LogP contribution < -0.4 is 4.74 Å². The normalized spacial score (nSPS) is 11.1. The van der Waals surface area contributed by atoms with E-state index in [2.05, 4.69) is 12.0 Å². The molecule has 0 N–H and O–H groups in total. The second-order valence-electron chi connectivity index (χ2n) is 7.16. The summed E-state index contributed by atoms with van der Waals surface area (Å²) >= 11 is 1.52. The van der Waals surface area contributed by atoms with Crippen LogP contribution >= 0.6 is 11.3 Å². The quantitative estimate of drug-likeness (QED) is 0.363. The summed E-state index contributed by atoms with van der Waals surface area (Å²) in [6.07, 6.45) is 2.98. The van der Waals surface area contributed by atoms with E-state index in [0.717, 1.165) is 56.3 Å². The highest BCUT2D eigenvalue weighted by atomic mass is 32.1.